The second kappa shape index (κ2) is 13.6. The van der Waals surface area contributed by atoms with Gasteiger partial charge in [0.2, 0.25) is 11.8 Å². The zero-order valence-corrected chi connectivity index (χ0v) is 21.9. The molecule has 0 radical (unpaired) electrons. The summed E-state index contributed by atoms with van der Waals surface area (Å²) in [4.78, 5) is 55.4. The lowest BCUT2D eigenvalue weighted by Crippen LogP contribution is -2.45. The molecule has 40 heavy (non-hydrogen) atoms. The van der Waals surface area contributed by atoms with Crippen LogP contribution < -0.4 is 16.2 Å². The smallest absolute Gasteiger partial charge is 0.407 e. The van der Waals surface area contributed by atoms with Crippen LogP contribution in [0.1, 0.15) is 31.4 Å². The Balaban J connectivity index is 1.43. The average Bonchev–Trinajstić information content (AvgIpc) is 3.61. The number of allylic oxidation sites excluding steroid dienone is 1. The summed E-state index contributed by atoms with van der Waals surface area (Å²) in [5, 5.41) is 14.6. The van der Waals surface area contributed by atoms with Crippen molar-refractivity contribution in [1.29, 1.82) is 0 Å². The molecule has 0 spiro atoms. The molecule has 12 heteroatoms. The number of nitrogens with one attached hydrogen (secondary N) is 3. The molecule has 11 nitrogen and oxygen atoms in total. The number of fused-ring (bicyclic) bond motifs is 1. The summed E-state index contributed by atoms with van der Waals surface area (Å²) in [6.45, 7) is 0.984. The van der Waals surface area contributed by atoms with Crippen molar-refractivity contribution in [2.75, 3.05) is 31.6 Å². The first kappa shape index (κ1) is 28.6. The molecule has 1 fully saturated rings. The molecule has 3 aromatic rings. The third-order valence-electron chi connectivity index (χ3n) is 6.49. The molecule has 212 valence electrons. The maximum Gasteiger partial charge on any atom is 0.407 e. The molecular weight excluding hydrogens is 521 g/mol. The number of aromatic nitrogens is 2. The van der Waals surface area contributed by atoms with Crippen molar-refractivity contribution in [3.05, 3.63) is 76.6 Å². The van der Waals surface area contributed by atoms with Crippen LogP contribution in [-0.2, 0) is 20.9 Å². The van der Waals surface area contributed by atoms with Gasteiger partial charge in [-0.05, 0) is 68.2 Å². The van der Waals surface area contributed by atoms with Crippen molar-refractivity contribution < 1.29 is 28.6 Å². The first-order valence-corrected chi connectivity index (χ1v) is 13.1. The molecule has 0 saturated carbocycles. The standard InChI is InChI=1S/C28H32FN5O6/c29-20-9-10-22-19(16-20)17-21(30-22)18-34-13-5-7-24(27(34)38)31-26(37)23(32-28(39)40-15-14-35)6-1-2-8-25(36)33-11-3-4-12-33/h2,5,7-10,13,16-17,23,30,35H,1,3-4,6,11-12,14-15,18H2,(H,31,37)(H,32,39)/b8-2+/t23-/m0/s1. The number of anilines is 1. The molecule has 1 saturated heterocycles. The normalized spacial score (nSPS) is 14.0. The molecular formula is C28H32FN5O6. The maximum atomic E-state index is 13.5. The summed E-state index contributed by atoms with van der Waals surface area (Å²) in [6.07, 6.45) is 6.16. The molecule has 2 aromatic heterocycles. The fraction of sp³-hybridized carbons (Fsp3) is 0.357. The van der Waals surface area contributed by atoms with E-state index in [1.54, 1.807) is 35.4 Å². The molecule has 1 aliphatic heterocycles. The van der Waals surface area contributed by atoms with Crippen LogP contribution in [0.4, 0.5) is 14.9 Å². The van der Waals surface area contributed by atoms with Gasteiger partial charge in [-0.1, -0.05) is 6.08 Å². The van der Waals surface area contributed by atoms with Gasteiger partial charge in [-0.3, -0.25) is 14.4 Å². The van der Waals surface area contributed by atoms with Crippen LogP contribution in [0, 0.1) is 5.82 Å². The summed E-state index contributed by atoms with van der Waals surface area (Å²) >= 11 is 0. The van der Waals surface area contributed by atoms with Gasteiger partial charge in [0, 0.05) is 35.9 Å². The number of aliphatic hydroxyl groups is 1. The molecule has 4 N–H and O–H groups in total. The lowest BCUT2D eigenvalue weighted by atomic mass is 10.1. The Bertz CT molecular complexity index is 1440. The van der Waals surface area contributed by atoms with E-state index in [1.807, 2.05) is 0 Å². The predicted molar refractivity (Wildman–Crippen MR) is 146 cm³/mol. The number of alkyl carbamates (subject to hydrolysis) is 1. The number of hydrogen-bond donors (Lipinski definition) is 4. The highest BCUT2D eigenvalue weighted by Crippen LogP contribution is 2.17. The molecule has 3 heterocycles. The van der Waals surface area contributed by atoms with E-state index in [9.17, 15) is 23.6 Å². The van der Waals surface area contributed by atoms with Gasteiger partial charge in [-0.2, -0.15) is 0 Å². The Morgan fingerprint density at radius 2 is 1.98 bits per heavy atom. The van der Waals surface area contributed by atoms with Crippen molar-refractivity contribution >= 4 is 34.5 Å². The van der Waals surface area contributed by atoms with Gasteiger partial charge in [-0.15, -0.1) is 0 Å². The van der Waals surface area contributed by atoms with Crippen LogP contribution >= 0.6 is 0 Å². The number of H-pyrrole nitrogens is 1. The Hall–Kier alpha value is -4.45. The summed E-state index contributed by atoms with van der Waals surface area (Å²) in [6, 6.07) is 8.08. The summed E-state index contributed by atoms with van der Waals surface area (Å²) in [5.74, 6) is -1.10. The number of pyridine rings is 1. The van der Waals surface area contributed by atoms with Crippen LogP contribution in [-0.4, -0.2) is 69.8 Å². The summed E-state index contributed by atoms with van der Waals surface area (Å²) in [7, 11) is 0. The highest BCUT2D eigenvalue weighted by Gasteiger charge is 2.22. The molecule has 1 aromatic carbocycles. The number of nitrogens with zero attached hydrogens (tertiary/aromatic N) is 2. The predicted octanol–water partition coefficient (Wildman–Crippen LogP) is 2.50. The fourth-order valence-electron chi connectivity index (χ4n) is 4.49. The lowest BCUT2D eigenvalue weighted by molar-refractivity contribution is -0.125. The van der Waals surface area contributed by atoms with Crippen molar-refractivity contribution in [2.45, 2.75) is 38.3 Å². The number of rotatable bonds is 11. The molecule has 0 unspecified atom stereocenters. The van der Waals surface area contributed by atoms with E-state index < -0.39 is 23.6 Å². The largest absolute Gasteiger partial charge is 0.447 e. The van der Waals surface area contributed by atoms with Gasteiger partial charge in [0.1, 0.15) is 24.2 Å². The van der Waals surface area contributed by atoms with Gasteiger partial charge >= 0.3 is 6.09 Å². The number of amides is 3. The molecule has 0 aliphatic carbocycles. The van der Waals surface area contributed by atoms with Crippen molar-refractivity contribution in [3.63, 3.8) is 0 Å². The lowest BCUT2D eigenvalue weighted by Gasteiger charge is -2.18. The number of aromatic amines is 1. The Kier molecular flexibility index (Phi) is 9.68. The van der Waals surface area contributed by atoms with Gasteiger partial charge in [0.05, 0.1) is 13.2 Å². The zero-order chi connectivity index (χ0) is 28.5. The van der Waals surface area contributed by atoms with E-state index in [0.29, 0.717) is 17.5 Å². The van der Waals surface area contributed by atoms with Crippen LogP contribution in [0.15, 0.2) is 59.5 Å². The SMILES string of the molecule is O=C(N[C@@H](CC/C=C/C(=O)N1CCCC1)C(=O)Nc1cccn(Cc2cc3cc(F)ccc3[nH]2)c1=O)OCCO. The quantitative estimate of drug-likeness (QED) is 0.269. The Labute approximate surface area is 229 Å². The van der Waals surface area contributed by atoms with Gasteiger partial charge in [0.25, 0.3) is 5.56 Å². The van der Waals surface area contributed by atoms with E-state index in [0.717, 1.165) is 31.4 Å². The number of carbonyl (C=O) groups excluding carboxylic acids is 3. The van der Waals surface area contributed by atoms with Crippen molar-refractivity contribution in [1.82, 2.24) is 19.8 Å². The maximum absolute atomic E-state index is 13.5. The van der Waals surface area contributed by atoms with Crippen molar-refractivity contribution in [2.24, 2.45) is 0 Å². The Morgan fingerprint density at radius 1 is 1.18 bits per heavy atom. The second-order valence-corrected chi connectivity index (χ2v) is 9.44. The van der Waals surface area contributed by atoms with Gasteiger partial charge < -0.3 is 34.9 Å². The number of aliphatic hydroxyl groups excluding tert-OH is 1. The van der Waals surface area contributed by atoms with Gasteiger partial charge in [0.15, 0.2) is 0 Å². The zero-order valence-electron chi connectivity index (χ0n) is 21.9. The first-order chi connectivity index (χ1) is 19.3. The third-order valence-corrected chi connectivity index (χ3v) is 6.49. The minimum atomic E-state index is -1.07. The van der Waals surface area contributed by atoms with Crippen LogP contribution in [0.2, 0.25) is 0 Å². The molecule has 1 atom stereocenters. The molecule has 3 amide bonds. The van der Waals surface area contributed by atoms with Gasteiger partial charge in [-0.25, -0.2) is 9.18 Å². The fourth-order valence-corrected chi connectivity index (χ4v) is 4.49. The third kappa shape index (κ3) is 7.56. The first-order valence-electron chi connectivity index (χ1n) is 13.1. The summed E-state index contributed by atoms with van der Waals surface area (Å²) in [5.41, 5.74) is 0.933. The number of benzene rings is 1. The minimum Gasteiger partial charge on any atom is -0.447 e. The van der Waals surface area contributed by atoms with E-state index in [-0.39, 0.29) is 43.6 Å². The number of carbonyl (C=O) groups is 3. The molecule has 0 bridgehead atoms. The average molecular weight is 554 g/mol. The molecule has 4 rings (SSSR count). The highest BCUT2D eigenvalue weighted by molar-refractivity contribution is 5.96. The topological polar surface area (TPSA) is 146 Å². The van der Waals surface area contributed by atoms with Crippen LogP contribution in [0.5, 0.6) is 0 Å². The number of likely N-dealkylation sites (tertiary alicyclic amines) is 1. The number of hydrogen-bond acceptors (Lipinski definition) is 6. The van der Waals surface area contributed by atoms with E-state index in [4.69, 9.17) is 9.84 Å². The van der Waals surface area contributed by atoms with Crippen LogP contribution in [0.3, 0.4) is 0 Å². The number of halogens is 1. The molecule has 1 aliphatic rings. The highest BCUT2D eigenvalue weighted by atomic mass is 19.1. The van der Waals surface area contributed by atoms with E-state index in [1.165, 1.54) is 28.8 Å². The minimum absolute atomic E-state index is 0.00457. The van der Waals surface area contributed by atoms with Crippen molar-refractivity contribution in [3.8, 4) is 0 Å². The second-order valence-electron chi connectivity index (χ2n) is 9.44. The number of ether oxygens (including phenoxy) is 1. The summed E-state index contributed by atoms with van der Waals surface area (Å²) < 4.78 is 19.8. The Morgan fingerprint density at radius 3 is 2.75 bits per heavy atom. The van der Waals surface area contributed by atoms with E-state index in [2.05, 4.69) is 15.6 Å². The van der Waals surface area contributed by atoms with Crippen LogP contribution in [0.25, 0.3) is 10.9 Å². The monoisotopic (exact) mass is 553 g/mol. The van der Waals surface area contributed by atoms with E-state index >= 15 is 0 Å².